The van der Waals surface area contributed by atoms with E-state index in [-0.39, 0.29) is 18.2 Å². The van der Waals surface area contributed by atoms with E-state index in [1.54, 1.807) is 4.90 Å². The van der Waals surface area contributed by atoms with E-state index in [1.165, 1.54) is 10.6 Å². The highest BCUT2D eigenvalue weighted by Crippen LogP contribution is 2.13. The first-order chi connectivity index (χ1) is 9.90. The van der Waals surface area contributed by atoms with Crippen molar-refractivity contribution in [2.75, 3.05) is 32.4 Å². The molecule has 130 valence electrons. The molecule has 0 bridgehead atoms. The number of hydrogen-bond donors (Lipinski definition) is 1. The van der Waals surface area contributed by atoms with E-state index in [1.807, 2.05) is 34.6 Å². The van der Waals surface area contributed by atoms with Crippen LogP contribution < -0.4 is 5.32 Å². The van der Waals surface area contributed by atoms with Crippen LogP contribution in [0, 0.1) is 0 Å². The lowest BCUT2D eigenvalue weighted by Crippen LogP contribution is -2.58. The molecule has 1 aliphatic heterocycles. The summed E-state index contributed by atoms with van der Waals surface area (Å²) in [6, 6.07) is -0.216. The van der Waals surface area contributed by atoms with Crippen molar-refractivity contribution in [2.45, 2.75) is 52.3 Å². The third-order valence-corrected chi connectivity index (χ3v) is 4.73. The Morgan fingerprint density at radius 3 is 2.45 bits per heavy atom. The number of sulfonamides is 1. The number of rotatable bonds is 4. The Morgan fingerprint density at radius 2 is 2.00 bits per heavy atom. The van der Waals surface area contributed by atoms with Gasteiger partial charge in [-0.15, -0.1) is 0 Å². The molecule has 1 aliphatic rings. The Bertz CT molecular complexity index is 485. The number of amides is 1. The second kappa shape index (κ2) is 7.14. The molecule has 0 saturated carbocycles. The largest absolute Gasteiger partial charge is 0.444 e. The summed E-state index contributed by atoms with van der Waals surface area (Å²) in [4.78, 5) is 13.8. The maximum absolute atomic E-state index is 12.1. The summed E-state index contributed by atoms with van der Waals surface area (Å²) in [5.41, 5.74) is -0.534. The van der Waals surface area contributed by atoms with Gasteiger partial charge < -0.3 is 15.0 Å². The highest BCUT2D eigenvalue weighted by atomic mass is 32.2. The van der Waals surface area contributed by atoms with Crippen LogP contribution in [0.4, 0.5) is 4.79 Å². The molecule has 1 heterocycles. The van der Waals surface area contributed by atoms with Crippen LogP contribution >= 0.6 is 0 Å². The SMILES string of the molecule is CC(C)N(C[C@H]1CN(C(=O)OC(C)(C)C)CCN1)S(C)(=O)=O. The number of ether oxygens (including phenoxy) is 1. The molecule has 1 saturated heterocycles. The minimum atomic E-state index is -3.27. The van der Waals surface area contributed by atoms with Crippen LogP contribution in [-0.2, 0) is 14.8 Å². The van der Waals surface area contributed by atoms with Gasteiger partial charge >= 0.3 is 6.09 Å². The molecular formula is C14H29N3O4S. The zero-order chi connectivity index (χ0) is 17.1. The number of hydrogen-bond acceptors (Lipinski definition) is 5. The molecule has 7 nitrogen and oxygen atoms in total. The second-order valence-electron chi connectivity index (χ2n) is 7.00. The molecule has 1 atom stereocenters. The molecule has 8 heteroatoms. The van der Waals surface area contributed by atoms with Gasteiger partial charge in [0, 0.05) is 38.3 Å². The molecule has 0 aromatic rings. The van der Waals surface area contributed by atoms with Crippen molar-refractivity contribution >= 4 is 16.1 Å². The molecule has 0 radical (unpaired) electrons. The van der Waals surface area contributed by atoms with Crippen molar-refractivity contribution in [3.8, 4) is 0 Å². The molecule has 0 spiro atoms. The van der Waals surface area contributed by atoms with Gasteiger partial charge in [0.05, 0.1) is 6.26 Å². The molecule has 0 aromatic heterocycles. The topological polar surface area (TPSA) is 79.0 Å². The molecule has 22 heavy (non-hydrogen) atoms. The van der Waals surface area contributed by atoms with Gasteiger partial charge in [-0.25, -0.2) is 13.2 Å². The molecule has 0 unspecified atom stereocenters. The minimum absolute atomic E-state index is 0.0987. The lowest BCUT2D eigenvalue weighted by Gasteiger charge is -2.37. The quantitative estimate of drug-likeness (QED) is 0.824. The maximum atomic E-state index is 12.1. The van der Waals surface area contributed by atoms with Gasteiger partial charge in [-0.05, 0) is 34.6 Å². The van der Waals surface area contributed by atoms with Crippen molar-refractivity contribution in [3.05, 3.63) is 0 Å². The van der Waals surface area contributed by atoms with Crippen LogP contribution in [0.5, 0.6) is 0 Å². The van der Waals surface area contributed by atoms with Crippen molar-refractivity contribution in [2.24, 2.45) is 0 Å². The van der Waals surface area contributed by atoms with Gasteiger partial charge in [-0.1, -0.05) is 0 Å². The van der Waals surface area contributed by atoms with Crippen molar-refractivity contribution in [3.63, 3.8) is 0 Å². The summed E-state index contributed by atoms with van der Waals surface area (Å²) >= 11 is 0. The highest BCUT2D eigenvalue weighted by molar-refractivity contribution is 7.88. The zero-order valence-corrected chi connectivity index (χ0v) is 15.2. The Hall–Kier alpha value is -0.860. The summed E-state index contributed by atoms with van der Waals surface area (Å²) in [7, 11) is -3.27. The van der Waals surface area contributed by atoms with E-state index in [2.05, 4.69) is 5.32 Å². The van der Waals surface area contributed by atoms with Crippen molar-refractivity contribution in [1.29, 1.82) is 0 Å². The molecule has 1 amide bonds. The highest BCUT2D eigenvalue weighted by Gasteiger charge is 2.30. The summed E-state index contributed by atoms with van der Waals surface area (Å²) in [5, 5.41) is 3.27. The maximum Gasteiger partial charge on any atom is 0.410 e. The van der Waals surface area contributed by atoms with Gasteiger partial charge in [0.25, 0.3) is 0 Å². The van der Waals surface area contributed by atoms with Crippen molar-refractivity contribution in [1.82, 2.24) is 14.5 Å². The number of carbonyl (C=O) groups excluding carboxylic acids is 1. The van der Waals surface area contributed by atoms with Crippen LogP contribution in [0.2, 0.25) is 0 Å². The lowest BCUT2D eigenvalue weighted by atomic mass is 10.2. The van der Waals surface area contributed by atoms with Gasteiger partial charge in [0.1, 0.15) is 5.60 Å². The Morgan fingerprint density at radius 1 is 1.41 bits per heavy atom. The zero-order valence-electron chi connectivity index (χ0n) is 14.4. The number of piperazine rings is 1. The van der Waals surface area contributed by atoms with Crippen LogP contribution in [0.3, 0.4) is 0 Å². The molecular weight excluding hydrogens is 306 g/mol. The first-order valence-corrected chi connectivity index (χ1v) is 9.43. The molecule has 0 aromatic carbocycles. The van der Waals surface area contributed by atoms with Crippen LogP contribution in [0.1, 0.15) is 34.6 Å². The summed E-state index contributed by atoms with van der Waals surface area (Å²) < 4.78 is 30.5. The predicted octanol–water partition coefficient (Wildman–Crippen LogP) is 0.865. The van der Waals surface area contributed by atoms with Crippen molar-refractivity contribution < 1.29 is 17.9 Å². The first kappa shape index (κ1) is 19.2. The van der Waals surface area contributed by atoms with Gasteiger partial charge in [-0.2, -0.15) is 4.31 Å². The standard InChI is InChI=1S/C14H29N3O4S/c1-11(2)17(22(6,19)20)10-12-9-16(8-7-15-12)13(18)21-14(3,4)5/h11-12,15H,7-10H2,1-6H3/t12-/m1/s1. The molecule has 1 rings (SSSR count). The van der Waals surface area contributed by atoms with E-state index < -0.39 is 15.6 Å². The summed E-state index contributed by atoms with van der Waals surface area (Å²) in [6.07, 6.45) is 0.857. The average molecular weight is 335 g/mol. The Labute approximate surface area is 134 Å². The Kier molecular flexibility index (Phi) is 6.23. The van der Waals surface area contributed by atoms with Crippen LogP contribution in [0.25, 0.3) is 0 Å². The normalized spacial score (nSPS) is 20.5. The fraction of sp³-hybridized carbons (Fsp3) is 0.929. The third-order valence-electron chi connectivity index (χ3n) is 3.31. The second-order valence-corrected chi connectivity index (χ2v) is 8.94. The molecule has 1 N–H and O–H groups in total. The van der Waals surface area contributed by atoms with E-state index in [0.29, 0.717) is 26.2 Å². The summed E-state index contributed by atoms with van der Waals surface area (Å²) in [5.74, 6) is 0. The van der Waals surface area contributed by atoms with E-state index >= 15 is 0 Å². The van der Waals surface area contributed by atoms with E-state index in [4.69, 9.17) is 4.74 Å². The smallest absolute Gasteiger partial charge is 0.410 e. The number of nitrogens with zero attached hydrogens (tertiary/aromatic N) is 2. The van der Waals surface area contributed by atoms with Gasteiger partial charge in [0.15, 0.2) is 0 Å². The predicted molar refractivity (Wildman–Crippen MR) is 86.3 cm³/mol. The monoisotopic (exact) mass is 335 g/mol. The van der Waals surface area contributed by atoms with Gasteiger partial charge in [0.2, 0.25) is 10.0 Å². The van der Waals surface area contributed by atoms with Crippen LogP contribution in [0.15, 0.2) is 0 Å². The Balaban J connectivity index is 2.69. The van der Waals surface area contributed by atoms with E-state index in [0.717, 1.165) is 0 Å². The fourth-order valence-corrected chi connectivity index (χ4v) is 3.60. The van der Waals surface area contributed by atoms with E-state index in [9.17, 15) is 13.2 Å². The summed E-state index contributed by atoms with van der Waals surface area (Å²) in [6.45, 7) is 11.1. The van der Waals surface area contributed by atoms with Gasteiger partial charge in [-0.3, -0.25) is 0 Å². The number of carbonyl (C=O) groups is 1. The average Bonchev–Trinajstić information content (AvgIpc) is 2.32. The third kappa shape index (κ3) is 6.10. The van der Waals surface area contributed by atoms with Crippen LogP contribution in [-0.4, -0.2) is 73.8 Å². The first-order valence-electron chi connectivity index (χ1n) is 7.58. The number of nitrogens with one attached hydrogen (secondary N) is 1. The molecule has 0 aliphatic carbocycles. The minimum Gasteiger partial charge on any atom is -0.444 e. The fourth-order valence-electron chi connectivity index (χ4n) is 2.39. The lowest BCUT2D eigenvalue weighted by molar-refractivity contribution is 0.0188. The molecule has 1 fully saturated rings.